The number of nitrogens with zero attached hydrogens (tertiary/aromatic N) is 1. The lowest BCUT2D eigenvalue weighted by Crippen LogP contribution is -2.52. The summed E-state index contributed by atoms with van der Waals surface area (Å²) >= 11 is 0. The van der Waals surface area contributed by atoms with Gasteiger partial charge in [0, 0.05) is 6.54 Å². The van der Waals surface area contributed by atoms with Crippen LogP contribution < -0.4 is 11.1 Å². The maximum atomic E-state index is 12.6. The molecule has 0 bridgehead atoms. The van der Waals surface area contributed by atoms with E-state index < -0.39 is 42.7 Å². The molecule has 30 heavy (non-hydrogen) atoms. The summed E-state index contributed by atoms with van der Waals surface area (Å²) in [5.41, 5.74) is 5.91. The Kier molecular flexibility index (Phi) is 7.73. The molecule has 0 aliphatic carbocycles. The average molecular weight is 417 g/mol. The highest BCUT2D eigenvalue weighted by Crippen LogP contribution is 2.24. The van der Waals surface area contributed by atoms with Gasteiger partial charge in [-0.3, -0.25) is 4.79 Å². The molecular weight excluding hydrogens is 390 g/mol. The largest absolute Gasteiger partial charge is 0.479 e. The third kappa shape index (κ3) is 5.91. The molecule has 162 valence electrons. The van der Waals surface area contributed by atoms with Gasteiger partial charge in [0.1, 0.15) is 12.1 Å². The van der Waals surface area contributed by atoms with E-state index in [0.29, 0.717) is 5.56 Å². The van der Waals surface area contributed by atoms with Gasteiger partial charge in [0.05, 0.1) is 6.54 Å². The van der Waals surface area contributed by atoms with Crippen LogP contribution in [-0.4, -0.2) is 63.5 Å². The van der Waals surface area contributed by atoms with Crippen LogP contribution in [0.3, 0.4) is 0 Å². The molecule has 2 aromatic rings. The summed E-state index contributed by atoms with van der Waals surface area (Å²) in [6, 6.07) is 11.8. The van der Waals surface area contributed by atoms with Gasteiger partial charge in [-0.15, -0.1) is 0 Å². The minimum absolute atomic E-state index is 0.0266. The first-order chi connectivity index (χ1) is 14.1. The van der Waals surface area contributed by atoms with Gasteiger partial charge in [0.15, 0.2) is 6.10 Å². The van der Waals surface area contributed by atoms with Crippen LogP contribution in [0, 0.1) is 5.92 Å². The number of nitrogens with one attached hydrogen (secondary N) is 1. The highest BCUT2D eigenvalue weighted by Gasteiger charge is 2.31. The van der Waals surface area contributed by atoms with Gasteiger partial charge in [0.25, 0.3) is 0 Å². The molecule has 2 rings (SSSR count). The topological polar surface area (TPSA) is 153 Å². The predicted octanol–water partition coefficient (Wildman–Crippen LogP) is 0.840. The van der Waals surface area contributed by atoms with Gasteiger partial charge in [0.2, 0.25) is 5.91 Å². The summed E-state index contributed by atoms with van der Waals surface area (Å²) in [7, 11) is 0. The maximum absolute atomic E-state index is 12.6. The molecule has 0 aromatic heterocycles. The number of carbonyl (C=O) groups excluding carboxylic acids is 2. The molecule has 9 heteroatoms. The molecule has 0 fully saturated rings. The molecule has 3 amide bonds. The van der Waals surface area contributed by atoms with Gasteiger partial charge < -0.3 is 31.3 Å². The van der Waals surface area contributed by atoms with Crippen LogP contribution in [0.1, 0.15) is 25.3 Å². The van der Waals surface area contributed by atoms with Gasteiger partial charge in [-0.25, -0.2) is 9.59 Å². The van der Waals surface area contributed by atoms with E-state index >= 15 is 0 Å². The van der Waals surface area contributed by atoms with Crippen molar-refractivity contribution in [3.8, 4) is 0 Å². The summed E-state index contributed by atoms with van der Waals surface area (Å²) in [4.78, 5) is 36.7. The van der Waals surface area contributed by atoms with E-state index in [-0.39, 0.29) is 12.5 Å². The fraction of sp³-hybridized carbons (Fsp3) is 0.381. The summed E-state index contributed by atoms with van der Waals surface area (Å²) in [6.45, 7) is 3.29. The fourth-order valence-electron chi connectivity index (χ4n) is 3.17. The molecule has 3 unspecified atom stereocenters. The number of amides is 3. The van der Waals surface area contributed by atoms with Gasteiger partial charge in [-0.1, -0.05) is 56.3 Å². The van der Waals surface area contributed by atoms with Crippen molar-refractivity contribution < 1.29 is 29.7 Å². The van der Waals surface area contributed by atoms with E-state index in [1.165, 1.54) is 0 Å². The Bertz CT molecular complexity index is 917. The van der Waals surface area contributed by atoms with Crippen molar-refractivity contribution in [3.63, 3.8) is 0 Å². The quantitative estimate of drug-likeness (QED) is 0.381. The van der Waals surface area contributed by atoms with Crippen LogP contribution in [0.25, 0.3) is 10.8 Å². The van der Waals surface area contributed by atoms with E-state index in [1.54, 1.807) is 18.2 Å². The zero-order valence-corrected chi connectivity index (χ0v) is 16.9. The SMILES string of the molecule is CC(C)CN(CC(O)C(=O)O)C(=O)NC(O)C(C(N)=O)c1ccc2ccccc2c1. The second kappa shape index (κ2) is 10.0. The summed E-state index contributed by atoms with van der Waals surface area (Å²) < 4.78 is 0. The Labute approximate surface area is 174 Å². The van der Waals surface area contributed by atoms with Crippen LogP contribution in [0.2, 0.25) is 0 Å². The number of urea groups is 1. The molecule has 0 spiro atoms. The molecule has 9 nitrogen and oxygen atoms in total. The van der Waals surface area contributed by atoms with Crippen molar-refractivity contribution >= 4 is 28.7 Å². The number of carbonyl (C=O) groups is 3. The van der Waals surface area contributed by atoms with E-state index in [0.717, 1.165) is 15.7 Å². The lowest BCUT2D eigenvalue weighted by molar-refractivity contribution is -0.147. The lowest BCUT2D eigenvalue weighted by atomic mass is 9.94. The molecule has 6 N–H and O–H groups in total. The Morgan fingerprint density at radius 2 is 1.67 bits per heavy atom. The van der Waals surface area contributed by atoms with Crippen LogP contribution in [0.4, 0.5) is 4.79 Å². The Morgan fingerprint density at radius 1 is 1.03 bits per heavy atom. The standard InChI is InChI=1S/C21H27N3O6/c1-12(2)10-24(11-16(25)20(28)29)21(30)23-19(27)17(18(22)26)15-8-7-13-5-3-4-6-14(13)9-15/h3-9,12,16-17,19,25,27H,10-11H2,1-2H3,(H2,22,26)(H,23,30)(H,28,29). The average Bonchev–Trinajstić information content (AvgIpc) is 2.66. The number of aliphatic hydroxyl groups excluding tert-OH is 2. The molecule has 0 heterocycles. The molecular formula is C21H27N3O6. The number of aliphatic hydroxyl groups is 2. The zero-order valence-electron chi connectivity index (χ0n) is 16.9. The Balaban J connectivity index is 2.22. The first kappa shape index (κ1) is 23.1. The molecule has 0 aliphatic rings. The number of hydrogen-bond donors (Lipinski definition) is 5. The predicted molar refractivity (Wildman–Crippen MR) is 110 cm³/mol. The third-order valence-electron chi connectivity index (χ3n) is 4.58. The zero-order chi connectivity index (χ0) is 22.4. The number of fused-ring (bicyclic) bond motifs is 1. The maximum Gasteiger partial charge on any atom is 0.334 e. The second-order valence-corrected chi connectivity index (χ2v) is 7.53. The number of nitrogens with two attached hydrogens (primary N) is 1. The summed E-state index contributed by atoms with van der Waals surface area (Å²) in [6.07, 6.45) is -3.42. The molecule has 0 aliphatic heterocycles. The number of aliphatic carboxylic acids is 1. The highest BCUT2D eigenvalue weighted by molar-refractivity contribution is 5.88. The highest BCUT2D eigenvalue weighted by atomic mass is 16.4. The number of benzene rings is 2. The second-order valence-electron chi connectivity index (χ2n) is 7.53. The number of carboxylic acid groups (broad SMARTS) is 1. The summed E-state index contributed by atoms with van der Waals surface area (Å²) in [5.74, 6) is -3.55. The van der Waals surface area contributed by atoms with E-state index in [4.69, 9.17) is 10.8 Å². The summed E-state index contributed by atoms with van der Waals surface area (Å²) in [5, 5.41) is 33.2. The smallest absolute Gasteiger partial charge is 0.334 e. The van der Waals surface area contributed by atoms with Crippen LogP contribution in [0.15, 0.2) is 42.5 Å². The molecule has 2 aromatic carbocycles. The van der Waals surface area contributed by atoms with Crippen molar-refractivity contribution in [2.75, 3.05) is 13.1 Å². The molecule has 0 saturated carbocycles. The number of rotatable bonds is 9. The third-order valence-corrected chi connectivity index (χ3v) is 4.58. The molecule has 3 atom stereocenters. The minimum Gasteiger partial charge on any atom is -0.479 e. The van der Waals surface area contributed by atoms with E-state index in [2.05, 4.69) is 5.32 Å². The minimum atomic E-state index is -1.78. The van der Waals surface area contributed by atoms with Gasteiger partial charge >= 0.3 is 12.0 Å². The Morgan fingerprint density at radius 3 is 2.23 bits per heavy atom. The number of primary amides is 1. The van der Waals surface area contributed by atoms with E-state index in [9.17, 15) is 24.6 Å². The molecule has 0 saturated heterocycles. The van der Waals surface area contributed by atoms with Gasteiger partial charge in [-0.2, -0.15) is 0 Å². The van der Waals surface area contributed by atoms with Gasteiger partial charge in [-0.05, 0) is 22.3 Å². The van der Waals surface area contributed by atoms with Crippen molar-refractivity contribution in [2.45, 2.75) is 32.1 Å². The lowest BCUT2D eigenvalue weighted by Gasteiger charge is -2.29. The first-order valence-corrected chi connectivity index (χ1v) is 9.52. The van der Waals surface area contributed by atoms with Crippen LogP contribution in [-0.2, 0) is 9.59 Å². The van der Waals surface area contributed by atoms with E-state index in [1.807, 2.05) is 38.1 Å². The number of hydrogen-bond acceptors (Lipinski definition) is 5. The van der Waals surface area contributed by atoms with Crippen LogP contribution in [0.5, 0.6) is 0 Å². The van der Waals surface area contributed by atoms with Crippen molar-refractivity contribution in [1.82, 2.24) is 10.2 Å². The Hall–Kier alpha value is -3.17. The molecule has 0 radical (unpaired) electrons. The van der Waals surface area contributed by atoms with Crippen molar-refractivity contribution in [1.29, 1.82) is 0 Å². The number of carboxylic acids is 1. The fourth-order valence-corrected chi connectivity index (χ4v) is 3.17. The van der Waals surface area contributed by atoms with Crippen molar-refractivity contribution in [2.24, 2.45) is 11.7 Å². The van der Waals surface area contributed by atoms with Crippen molar-refractivity contribution in [3.05, 3.63) is 48.0 Å². The first-order valence-electron chi connectivity index (χ1n) is 9.52. The normalized spacial score (nSPS) is 14.2. The monoisotopic (exact) mass is 417 g/mol. The van der Waals surface area contributed by atoms with Crippen LogP contribution >= 0.6 is 0 Å².